The molecule has 0 spiro atoms. The van der Waals surface area contributed by atoms with E-state index in [4.69, 9.17) is 0 Å². The molecule has 0 radical (unpaired) electrons. The normalized spacial score (nSPS) is 16.8. The highest BCUT2D eigenvalue weighted by molar-refractivity contribution is 6.06. The van der Waals surface area contributed by atoms with Gasteiger partial charge in [-0.05, 0) is 27.7 Å². The van der Waals surface area contributed by atoms with E-state index in [-0.39, 0.29) is 11.2 Å². The van der Waals surface area contributed by atoms with E-state index >= 15 is 0 Å². The van der Waals surface area contributed by atoms with E-state index in [1.165, 1.54) is 5.57 Å². The Morgan fingerprint density at radius 3 is 2.71 bits per heavy atom. The molecule has 2 nitrogen and oxygen atoms in total. The van der Waals surface area contributed by atoms with Gasteiger partial charge in [0.25, 0.3) is 0 Å². The van der Waals surface area contributed by atoms with Gasteiger partial charge in [0.05, 0.1) is 0 Å². The summed E-state index contributed by atoms with van der Waals surface area (Å²) in [4.78, 5) is 12.2. The Morgan fingerprint density at radius 2 is 2.06 bits per heavy atom. The molecule has 0 aromatic carbocycles. The van der Waals surface area contributed by atoms with E-state index in [1.54, 1.807) is 0 Å². The minimum Gasteiger partial charge on any atom is -0.349 e. The van der Waals surface area contributed by atoms with E-state index in [1.807, 2.05) is 32.3 Å². The van der Waals surface area contributed by atoms with E-state index < -0.39 is 0 Å². The molecule has 0 atom stereocenters. The average Bonchev–Trinajstić information content (AvgIpc) is 2.65. The van der Waals surface area contributed by atoms with Gasteiger partial charge in [-0.15, -0.1) is 0 Å². The van der Waals surface area contributed by atoms with Crippen LogP contribution in [0.3, 0.4) is 0 Å². The average molecular weight is 229 g/mol. The van der Waals surface area contributed by atoms with Crippen LogP contribution in [0, 0.1) is 5.41 Å². The Balaban J connectivity index is 2.33. The summed E-state index contributed by atoms with van der Waals surface area (Å²) >= 11 is 0. The van der Waals surface area contributed by atoms with Gasteiger partial charge >= 0.3 is 0 Å². The van der Waals surface area contributed by atoms with Crippen LogP contribution in [0.25, 0.3) is 6.08 Å². The monoisotopic (exact) mass is 229 g/mol. The highest BCUT2D eigenvalue weighted by atomic mass is 16.1. The third kappa shape index (κ3) is 2.26. The molecule has 0 N–H and O–H groups in total. The fraction of sp³-hybridized carbons (Fsp3) is 0.400. The van der Waals surface area contributed by atoms with Crippen LogP contribution in [0.4, 0.5) is 0 Å². The first kappa shape index (κ1) is 11.9. The van der Waals surface area contributed by atoms with Crippen LogP contribution in [0.15, 0.2) is 30.1 Å². The molecule has 0 fully saturated rings. The number of rotatable bonds is 2. The van der Waals surface area contributed by atoms with Crippen molar-refractivity contribution in [1.29, 1.82) is 0 Å². The number of Topliss-reactive ketones (excluding diaryl/α,β-unsaturated/α-hetero) is 1. The van der Waals surface area contributed by atoms with Crippen LogP contribution in [0.2, 0.25) is 0 Å². The van der Waals surface area contributed by atoms with Gasteiger partial charge in [-0.1, -0.05) is 23.8 Å². The Kier molecular flexibility index (Phi) is 2.82. The number of carbonyl (C=O) groups excluding carboxylic acids is 1. The fourth-order valence-electron chi connectivity index (χ4n) is 1.96. The van der Waals surface area contributed by atoms with Crippen molar-refractivity contribution in [3.8, 4) is 0 Å². The van der Waals surface area contributed by atoms with E-state index in [0.717, 1.165) is 17.7 Å². The van der Waals surface area contributed by atoms with Gasteiger partial charge in [-0.3, -0.25) is 4.79 Å². The number of nitrogens with zero attached hydrogens (tertiary/aromatic N) is 1. The molecule has 0 saturated carbocycles. The summed E-state index contributed by atoms with van der Waals surface area (Å²) in [6.45, 7) is 8.91. The number of allylic oxidation sites excluding steroid dienone is 3. The second-order valence-corrected chi connectivity index (χ2v) is 5.49. The van der Waals surface area contributed by atoms with Crippen molar-refractivity contribution in [2.24, 2.45) is 5.41 Å². The summed E-state index contributed by atoms with van der Waals surface area (Å²) in [5.41, 5.74) is 2.81. The Labute approximate surface area is 103 Å². The van der Waals surface area contributed by atoms with Crippen molar-refractivity contribution >= 4 is 11.9 Å². The number of fused-ring (bicyclic) bond motifs is 1. The lowest BCUT2D eigenvalue weighted by atomic mass is 9.80. The van der Waals surface area contributed by atoms with Crippen molar-refractivity contribution in [2.75, 3.05) is 0 Å². The molecule has 2 rings (SSSR count). The summed E-state index contributed by atoms with van der Waals surface area (Å²) in [5.74, 6) is 0.214. The molecule has 1 aromatic heterocycles. The molecule has 2 heteroatoms. The van der Waals surface area contributed by atoms with Crippen molar-refractivity contribution in [2.45, 2.75) is 34.2 Å². The predicted molar refractivity (Wildman–Crippen MR) is 71.0 cm³/mol. The SMILES string of the molecule is CC(C)=CCn1cc2c(c1)C(=O)C(C)(C)C=C2. The van der Waals surface area contributed by atoms with Gasteiger partial charge in [0.15, 0.2) is 5.78 Å². The lowest BCUT2D eigenvalue weighted by Gasteiger charge is -2.21. The van der Waals surface area contributed by atoms with Crippen LogP contribution in [0.5, 0.6) is 0 Å². The van der Waals surface area contributed by atoms with Crippen molar-refractivity contribution in [3.63, 3.8) is 0 Å². The Hall–Kier alpha value is -1.57. The zero-order chi connectivity index (χ0) is 12.6. The molecule has 0 unspecified atom stereocenters. The minimum absolute atomic E-state index is 0.214. The number of aromatic nitrogens is 1. The zero-order valence-corrected chi connectivity index (χ0v) is 10.9. The van der Waals surface area contributed by atoms with Gasteiger partial charge in [0, 0.05) is 35.5 Å². The highest BCUT2D eigenvalue weighted by Gasteiger charge is 2.31. The molecule has 0 bridgehead atoms. The summed E-state index contributed by atoms with van der Waals surface area (Å²) in [6, 6.07) is 0. The molecule has 0 saturated heterocycles. The standard InChI is InChI=1S/C15H19NO/c1-11(2)6-8-16-9-12-5-7-15(3,4)14(17)13(12)10-16/h5-7,9-10H,8H2,1-4H3. The largest absolute Gasteiger partial charge is 0.349 e. The third-order valence-corrected chi connectivity index (χ3v) is 3.13. The lowest BCUT2D eigenvalue weighted by Crippen LogP contribution is -2.24. The zero-order valence-electron chi connectivity index (χ0n) is 10.9. The van der Waals surface area contributed by atoms with Gasteiger partial charge in [-0.2, -0.15) is 0 Å². The molecule has 1 aliphatic rings. The lowest BCUT2D eigenvalue weighted by molar-refractivity contribution is 0.0883. The molecule has 17 heavy (non-hydrogen) atoms. The molecule has 1 aromatic rings. The third-order valence-electron chi connectivity index (χ3n) is 3.13. The van der Waals surface area contributed by atoms with E-state index in [9.17, 15) is 4.79 Å². The maximum Gasteiger partial charge on any atom is 0.174 e. The van der Waals surface area contributed by atoms with E-state index in [0.29, 0.717) is 0 Å². The van der Waals surface area contributed by atoms with E-state index in [2.05, 4.69) is 30.6 Å². The molecular weight excluding hydrogens is 210 g/mol. The number of ketones is 1. The predicted octanol–water partition coefficient (Wildman–Crippen LogP) is 3.69. The number of carbonyl (C=O) groups is 1. The highest BCUT2D eigenvalue weighted by Crippen LogP contribution is 2.32. The Morgan fingerprint density at radius 1 is 1.35 bits per heavy atom. The molecule has 90 valence electrons. The molecule has 1 aliphatic carbocycles. The maximum atomic E-state index is 12.2. The van der Waals surface area contributed by atoms with Crippen molar-refractivity contribution < 1.29 is 4.79 Å². The second-order valence-electron chi connectivity index (χ2n) is 5.49. The summed E-state index contributed by atoms with van der Waals surface area (Å²) in [6.07, 6.45) is 10.2. The van der Waals surface area contributed by atoms with Crippen molar-refractivity contribution in [3.05, 3.63) is 41.2 Å². The first-order valence-electron chi connectivity index (χ1n) is 5.97. The van der Waals surface area contributed by atoms with Gasteiger partial charge in [0.2, 0.25) is 0 Å². The second kappa shape index (κ2) is 4.02. The van der Waals surface area contributed by atoms with Gasteiger partial charge < -0.3 is 4.57 Å². The Bertz CT molecular complexity index is 511. The summed E-state index contributed by atoms with van der Waals surface area (Å²) in [7, 11) is 0. The van der Waals surface area contributed by atoms with Gasteiger partial charge in [0.1, 0.15) is 0 Å². The van der Waals surface area contributed by atoms with Crippen LogP contribution in [-0.4, -0.2) is 10.4 Å². The fourth-order valence-corrected chi connectivity index (χ4v) is 1.96. The first-order chi connectivity index (χ1) is 7.90. The molecule has 0 aliphatic heterocycles. The van der Waals surface area contributed by atoms with Gasteiger partial charge in [-0.25, -0.2) is 0 Å². The summed E-state index contributed by atoms with van der Waals surface area (Å²) in [5, 5.41) is 0. The molecule has 1 heterocycles. The number of hydrogen-bond donors (Lipinski definition) is 0. The molecular formula is C15H19NO. The maximum absolute atomic E-state index is 12.2. The topological polar surface area (TPSA) is 22.0 Å². The van der Waals surface area contributed by atoms with Crippen LogP contribution in [-0.2, 0) is 6.54 Å². The van der Waals surface area contributed by atoms with Crippen LogP contribution >= 0.6 is 0 Å². The quantitative estimate of drug-likeness (QED) is 0.709. The minimum atomic E-state index is -0.365. The molecule has 0 amide bonds. The van der Waals surface area contributed by atoms with Crippen LogP contribution < -0.4 is 0 Å². The van der Waals surface area contributed by atoms with Crippen molar-refractivity contribution in [1.82, 2.24) is 4.57 Å². The summed E-state index contributed by atoms with van der Waals surface area (Å²) < 4.78 is 2.07. The van der Waals surface area contributed by atoms with Crippen LogP contribution in [0.1, 0.15) is 43.6 Å². The number of hydrogen-bond acceptors (Lipinski definition) is 1. The first-order valence-corrected chi connectivity index (χ1v) is 5.97. The smallest absolute Gasteiger partial charge is 0.174 e.